The molecule has 1 aromatic carbocycles. The van der Waals surface area contributed by atoms with Gasteiger partial charge in [0.1, 0.15) is 17.1 Å². The maximum atomic E-state index is 13.3. The minimum Gasteiger partial charge on any atom is -0.490 e. The highest BCUT2D eigenvalue weighted by Gasteiger charge is 2.38. The topological polar surface area (TPSA) is 101 Å². The van der Waals surface area contributed by atoms with Gasteiger partial charge in [0.15, 0.2) is 0 Å². The SMILES string of the molecule is CC(C)(C)CC(=O)N1CCN(c2cc(OC3CCC(Nc4ccc([N+](=O)[O-])c(C(F)(F)F)c4)CC3)ccn2)CC1. The van der Waals surface area contributed by atoms with Crippen LogP contribution in [-0.2, 0) is 11.0 Å². The number of aromatic nitrogens is 1. The first kappa shape index (κ1) is 29.4. The van der Waals surface area contributed by atoms with Gasteiger partial charge in [-0.2, -0.15) is 13.2 Å². The fourth-order valence-electron chi connectivity index (χ4n) is 5.16. The average Bonchev–Trinajstić information content (AvgIpc) is 2.88. The summed E-state index contributed by atoms with van der Waals surface area (Å²) < 4.78 is 46.1. The number of carbonyl (C=O) groups excluding carboxylic acids is 1. The van der Waals surface area contributed by atoms with Crippen LogP contribution in [-0.4, -0.2) is 59.0 Å². The average molecular weight is 564 g/mol. The Morgan fingerprint density at radius 2 is 1.75 bits per heavy atom. The molecular formula is C28H36F3N5O4. The second kappa shape index (κ2) is 11.9. The minimum atomic E-state index is -4.81. The number of nitro groups is 1. The van der Waals surface area contributed by atoms with Gasteiger partial charge < -0.3 is 19.9 Å². The Balaban J connectivity index is 1.28. The molecule has 0 bridgehead atoms. The zero-order chi connectivity index (χ0) is 29.1. The fourth-order valence-corrected chi connectivity index (χ4v) is 5.16. The van der Waals surface area contributed by atoms with Crippen LogP contribution in [0.3, 0.4) is 0 Å². The van der Waals surface area contributed by atoms with E-state index < -0.39 is 22.4 Å². The number of anilines is 2. The van der Waals surface area contributed by atoms with Crippen LogP contribution >= 0.6 is 0 Å². The summed E-state index contributed by atoms with van der Waals surface area (Å²) in [5.41, 5.74) is -2.05. The number of hydrogen-bond acceptors (Lipinski definition) is 7. The molecule has 2 fully saturated rings. The van der Waals surface area contributed by atoms with Crippen LogP contribution < -0.4 is 15.0 Å². The van der Waals surface area contributed by atoms with Gasteiger partial charge in [0, 0.05) is 62.7 Å². The summed E-state index contributed by atoms with van der Waals surface area (Å²) in [6, 6.07) is 6.67. The third-order valence-electron chi connectivity index (χ3n) is 7.20. The highest BCUT2D eigenvalue weighted by Crippen LogP contribution is 2.38. The van der Waals surface area contributed by atoms with Gasteiger partial charge in [-0.3, -0.25) is 14.9 Å². The van der Waals surface area contributed by atoms with E-state index in [0.717, 1.165) is 18.0 Å². The quantitative estimate of drug-likeness (QED) is 0.331. The number of pyridine rings is 1. The molecule has 40 heavy (non-hydrogen) atoms. The Morgan fingerprint density at radius 1 is 1.07 bits per heavy atom. The van der Waals surface area contributed by atoms with Crippen LogP contribution in [0.4, 0.5) is 30.4 Å². The van der Waals surface area contributed by atoms with E-state index in [-0.39, 0.29) is 29.2 Å². The van der Waals surface area contributed by atoms with Crippen molar-refractivity contribution < 1.29 is 27.6 Å². The third-order valence-corrected chi connectivity index (χ3v) is 7.20. The lowest BCUT2D eigenvalue weighted by molar-refractivity contribution is -0.388. The molecule has 1 amide bonds. The van der Waals surface area contributed by atoms with E-state index in [1.807, 2.05) is 17.0 Å². The van der Waals surface area contributed by atoms with Crippen molar-refractivity contribution in [3.8, 4) is 5.75 Å². The van der Waals surface area contributed by atoms with Gasteiger partial charge in [0.2, 0.25) is 5.91 Å². The van der Waals surface area contributed by atoms with Crippen molar-refractivity contribution >= 4 is 23.1 Å². The first-order valence-electron chi connectivity index (χ1n) is 13.6. The lowest BCUT2D eigenvalue weighted by Gasteiger charge is -2.36. The van der Waals surface area contributed by atoms with Crippen LogP contribution in [0.25, 0.3) is 0 Å². The lowest BCUT2D eigenvalue weighted by atomic mass is 9.91. The van der Waals surface area contributed by atoms with Crippen molar-refractivity contribution in [2.75, 3.05) is 36.4 Å². The highest BCUT2D eigenvalue weighted by molar-refractivity contribution is 5.77. The van der Waals surface area contributed by atoms with E-state index in [4.69, 9.17) is 4.74 Å². The Hall–Kier alpha value is -3.57. The summed E-state index contributed by atoms with van der Waals surface area (Å²) in [5, 5.41) is 14.1. The molecule has 1 aliphatic heterocycles. The number of carbonyl (C=O) groups is 1. The number of alkyl halides is 3. The molecule has 1 aromatic heterocycles. The Bertz CT molecular complexity index is 1200. The van der Waals surface area contributed by atoms with E-state index in [9.17, 15) is 28.1 Å². The van der Waals surface area contributed by atoms with Gasteiger partial charge in [0.05, 0.1) is 11.0 Å². The van der Waals surface area contributed by atoms with Crippen molar-refractivity contribution in [2.45, 2.75) is 71.2 Å². The second-order valence-electron chi connectivity index (χ2n) is 11.7. The Morgan fingerprint density at radius 3 is 2.35 bits per heavy atom. The summed E-state index contributed by atoms with van der Waals surface area (Å²) in [5.74, 6) is 1.68. The standard InChI is InChI=1S/C28H36F3N5O4/c1-27(2,3)18-26(37)35-14-12-34(13-15-35)25-17-22(10-11-32-25)40-21-7-4-19(5-8-21)33-20-6-9-24(36(38)39)23(16-20)28(29,30)31/h6,9-11,16-17,19,21,33H,4-5,7-8,12-15,18H2,1-3H3. The normalized spacial score (nSPS) is 20.2. The molecule has 9 nitrogen and oxygen atoms in total. The molecule has 4 rings (SSSR count). The van der Waals surface area contributed by atoms with E-state index >= 15 is 0 Å². The smallest absolute Gasteiger partial charge is 0.423 e. The van der Waals surface area contributed by atoms with Gasteiger partial charge in [-0.15, -0.1) is 0 Å². The lowest BCUT2D eigenvalue weighted by Crippen LogP contribution is -2.49. The Labute approximate surface area is 231 Å². The van der Waals surface area contributed by atoms with E-state index in [1.54, 1.807) is 6.20 Å². The van der Waals surface area contributed by atoms with Gasteiger partial charge in [-0.1, -0.05) is 20.8 Å². The van der Waals surface area contributed by atoms with Crippen LogP contribution in [0.15, 0.2) is 36.5 Å². The largest absolute Gasteiger partial charge is 0.490 e. The van der Waals surface area contributed by atoms with Crippen molar-refractivity contribution in [1.29, 1.82) is 0 Å². The number of piperazine rings is 1. The monoisotopic (exact) mass is 563 g/mol. The number of halogens is 3. The first-order chi connectivity index (χ1) is 18.8. The van der Waals surface area contributed by atoms with Gasteiger partial charge in [-0.25, -0.2) is 4.98 Å². The summed E-state index contributed by atoms with van der Waals surface area (Å²) in [7, 11) is 0. The molecule has 0 unspecified atom stereocenters. The summed E-state index contributed by atoms with van der Waals surface area (Å²) in [6.07, 6.45) is 0.175. The number of nitrogens with one attached hydrogen (secondary N) is 1. The van der Waals surface area contributed by atoms with Gasteiger partial charge >= 0.3 is 6.18 Å². The molecule has 0 atom stereocenters. The number of benzene rings is 1. The molecule has 0 spiro atoms. The number of rotatable bonds is 7. The molecule has 12 heteroatoms. The number of nitro benzene ring substituents is 1. The first-order valence-corrected chi connectivity index (χ1v) is 13.6. The van der Waals surface area contributed by atoms with Crippen LogP contribution in [0.5, 0.6) is 5.75 Å². The van der Waals surface area contributed by atoms with Crippen LogP contribution in [0, 0.1) is 15.5 Å². The molecule has 1 N–H and O–H groups in total. The summed E-state index contributed by atoms with van der Waals surface area (Å²) in [4.78, 5) is 31.1. The van der Waals surface area contributed by atoms with Crippen molar-refractivity contribution in [3.05, 3.63) is 52.2 Å². The number of ether oxygens (including phenoxy) is 1. The van der Waals surface area contributed by atoms with Crippen molar-refractivity contribution in [1.82, 2.24) is 9.88 Å². The maximum absolute atomic E-state index is 13.3. The van der Waals surface area contributed by atoms with E-state index in [2.05, 4.69) is 36.0 Å². The van der Waals surface area contributed by atoms with Gasteiger partial charge in [-0.05, 0) is 49.3 Å². The van der Waals surface area contributed by atoms with E-state index in [1.165, 1.54) is 6.07 Å². The predicted molar refractivity (Wildman–Crippen MR) is 145 cm³/mol. The molecule has 2 aliphatic rings. The van der Waals surface area contributed by atoms with Crippen LogP contribution in [0.2, 0.25) is 0 Å². The van der Waals surface area contributed by atoms with Crippen molar-refractivity contribution in [3.63, 3.8) is 0 Å². The summed E-state index contributed by atoms with van der Waals surface area (Å²) >= 11 is 0. The number of hydrogen-bond donors (Lipinski definition) is 1. The molecule has 1 aliphatic carbocycles. The molecule has 218 valence electrons. The number of nitrogens with zero attached hydrogens (tertiary/aromatic N) is 4. The molecular weight excluding hydrogens is 527 g/mol. The fraction of sp³-hybridized carbons (Fsp3) is 0.571. The predicted octanol–water partition coefficient (Wildman–Crippen LogP) is 5.90. The third kappa shape index (κ3) is 7.76. The molecule has 0 radical (unpaired) electrons. The van der Waals surface area contributed by atoms with Crippen LogP contribution in [0.1, 0.15) is 58.4 Å². The molecule has 1 saturated heterocycles. The molecule has 2 aromatic rings. The zero-order valence-electron chi connectivity index (χ0n) is 23.0. The Kier molecular flexibility index (Phi) is 8.74. The molecule has 1 saturated carbocycles. The van der Waals surface area contributed by atoms with E-state index in [0.29, 0.717) is 64.0 Å². The zero-order valence-corrected chi connectivity index (χ0v) is 23.0. The minimum absolute atomic E-state index is 0.0391. The van der Waals surface area contributed by atoms with Gasteiger partial charge in [0.25, 0.3) is 5.69 Å². The highest BCUT2D eigenvalue weighted by atomic mass is 19.4. The van der Waals surface area contributed by atoms with Crippen molar-refractivity contribution in [2.24, 2.45) is 5.41 Å². The number of amides is 1. The second-order valence-corrected chi connectivity index (χ2v) is 11.7. The maximum Gasteiger partial charge on any atom is 0.423 e. The summed E-state index contributed by atoms with van der Waals surface area (Å²) in [6.45, 7) is 8.88. The molecule has 2 heterocycles.